The fourth-order valence-corrected chi connectivity index (χ4v) is 4.35. The summed E-state index contributed by atoms with van der Waals surface area (Å²) in [6, 6.07) is 17.6. The first-order valence-corrected chi connectivity index (χ1v) is 10.8. The van der Waals surface area contributed by atoms with E-state index in [4.69, 9.17) is 4.74 Å². The van der Waals surface area contributed by atoms with Gasteiger partial charge in [-0.1, -0.05) is 24.3 Å². The second kappa shape index (κ2) is 9.15. The molecule has 0 bridgehead atoms. The minimum atomic E-state index is -0.577. The third-order valence-corrected chi connectivity index (χ3v) is 6.10. The number of amides is 1. The van der Waals surface area contributed by atoms with Crippen molar-refractivity contribution < 1.29 is 19.1 Å². The summed E-state index contributed by atoms with van der Waals surface area (Å²) in [6.07, 6.45) is 0. The molecule has 0 aliphatic heterocycles. The molecular weight excluding hydrogens is 428 g/mol. The van der Waals surface area contributed by atoms with E-state index in [2.05, 4.69) is 5.32 Å². The maximum Gasteiger partial charge on any atom is 0.326 e. The van der Waals surface area contributed by atoms with Gasteiger partial charge in [-0.15, -0.1) is 11.3 Å². The van der Waals surface area contributed by atoms with Gasteiger partial charge in [0.2, 0.25) is 11.7 Å². The molecule has 0 aliphatic carbocycles. The smallest absolute Gasteiger partial charge is 0.326 e. The van der Waals surface area contributed by atoms with Gasteiger partial charge in [0.25, 0.3) is 0 Å². The van der Waals surface area contributed by atoms with Gasteiger partial charge in [-0.25, -0.2) is 0 Å². The number of rotatable bonds is 7. The van der Waals surface area contributed by atoms with Gasteiger partial charge in [-0.05, 0) is 36.4 Å². The summed E-state index contributed by atoms with van der Waals surface area (Å²) in [6.45, 7) is 1.26. The summed E-state index contributed by atoms with van der Waals surface area (Å²) in [7, 11) is 0. The van der Waals surface area contributed by atoms with Crippen LogP contribution in [0.25, 0.3) is 21.8 Å². The van der Waals surface area contributed by atoms with Crippen LogP contribution in [0.1, 0.15) is 21.5 Å². The highest BCUT2D eigenvalue weighted by molar-refractivity contribution is 7.14. The number of benzene rings is 2. The molecule has 0 aliphatic rings. The van der Waals surface area contributed by atoms with E-state index in [1.807, 2.05) is 0 Å². The van der Waals surface area contributed by atoms with Crippen molar-refractivity contribution in [2.45, 2.75) is 20.0 Å². The Morgan fingerprint density at radius 3 is 2.19 bits per heavy atom. The van der Waals surface area contributed by atoms with Crippen LogP contribution >= 0.6 is 11.3 Å². The monoisotopic (exact) mass is 448 g/mol. The van der Waals surface area contributed by atoms with Gasteiger partial charge in [0.15, 0.2) is 12.0 Å². The van der Waals surface area contributed by atoms with E-state index in [1.165, 1.54) is 18.3 Å². The number of ketones is 1. The van der Waals surface area contributed by atoms with Crippen LogP contribution in [-0.2, 0) is 27.4 Å². The highest BCUT2D eigenvalue weighted by Crippen LogP contribution is 2.20. The molecule has 0 saturated heterocycles. The number of carbonyl (C=O) groups is 3. The van der Waals surface area contributed by atoms with Crippen LogP contribution < -0.4 is 10.7 Å². The number of nitrogens with one attached hydrogen (secondary N) is 1. The summed E-state index contributed by atoms with van der Waals surface area (Å²) in [5.41, 5.74) is 1.16. The van der Waals surface area contributed by atoms with Crippen molar-refractivity contribution >= 4 is 50.8 Å². The van der Waals surface area contributed by atoms with E-state index in [1.54, 1.807) is 65.2 Å². The lowest BCUT2D eigenvalue weighted by molar-refractivity contribution is -0.143. The van der Waals surface area contributed by atoms with E-state index >= 15 is 0 Å². The minimum absolute atomic E-state index is 0.0937. The molecule has 0 fully saturated rings. The highest BCUT2D eigenvalue weighted by Gasteiger charge is 2.16. The molecule has 0 spiro atoms. The SMILES string of the molecule is CC(=O)NCc1ccc(C(=O)COC(=O)Cn2c3ccccc3c(=O)c3ccccc32)s1. The second-order valence-corrected chi connectivity index (χ2v) is 8.38. The molecule has 2 heterocycles. The summed E-state index contributed by atoms with van der Waals surface area (Å²) in [5.74, 6) is -1.04. The van der Waals surface area contributed by atoms with Crippen LogP contribution in [0.4, 0.5) is 0 Å². The number of hydrogen-bond donors (Lipinski definition) is 1. The number of Topliss-reactive ketones (excluding diaryl/α,β-unsaturated/α-hetero) is 1. The van der Waals surface area contributed by atoms with Crippen molar-refractivity contribution in [2.24, 2.45) is 0 Å². The van der Waals surface area contributed by atoms with Crippen molar-refractivity contribution in [2.75, 3.05) is 6.61 Å². The third-order valence-electron chi connectivity index (χ3n) is 4.98. The Morgan fingerprint density at radius 2 is 1.56 bits per heavy atom. The normalized spacial score (nSPS) is 10.9. The van der Waals surface area contributed by atoms with Gasteiger partial charge in [0, 0.05) is 22.6 Å². The molecule has 4 aromatic rings. The van der Waals surface area contributed by atoms with Crippen LogP contribution in [-0.4, -0.2) is 28.8 Å². The maximum absolute atomic E-state index is 12.8. The zero-order valence-corrected chi connectivity index (χ0v) is 18.1. The van der Waals surface area contributed by atoms with Gasteiger partial charge in [0.05, 0.1) is 22.5 Å². The molecule has 4 rings (SSSR count). The van der Waals surface area contributed by atoms with Crippen molar-refractivity contribution in [3.63, 3.8) is 0 Å². The van der Waals surface area contributed by atoms with Gasteiger partial charge < -0.3 is 14.6 Å². The topological polar surface area (TPSA) is 94.5 Å². The number of aromatic nitrogens is 1. The molecule has 0 radical (unpaired) electrons. The predicted octanol–water partition coefficient (Wildman–Crippen LogP) is 3.28. The zero-order chi connectivity index (χ0) is 22.7. The van der Waals surface area contributed by atoms with Crippen LogP contribution in [0.5, 0.6) is 0 Å². The van der Waals surface area contributed by atoms with Crippen molar-refractivity contribution in [1.82, 2.24) is 9.88 Å². The fourth-order valence-electron chi connectivity index (χ4n) is 3.47. The van der Waals surface area contributed by atoms with Crippen LogP contribution in [0, 0.1) is 0 Å². The molecule has 0 saturated carbocycles. The zero-order valence-electron chi connectivity index (χ0n) is 17.3. The van der Waals surface area contributed by atoms with Crippen LogP contribution in [0.3, 0.4) is 0 Å². The molecule has 1 amide bonds. The minimum Gasteiger partial charge on any atom is -0.456 e. The van der Waals surface area contributed by atoms with E-state index < -0.39 is 5.97 Å². The largest absolute Gasteiger partial charge is 0.456 e. The molecule has 0 unspecified atom stereocenters. The number of carbonyl (C=O) groups excluding carboxylic acids is 3. The van der Waals surface area contributed by atoms with Crippen molar-refractivity contribution in [3.8, 4) is 0 Å². The summed E-state index contributed by atoms with van der Waals surface area (Å²) in [5, 5.41) is 3.70. The highest BCUT2D eigenvalue weighted by atomic mass is 32.1. The van der Waals surface area contributed by atoms with E-state index in [0.29, 0.717) is 33.2 Å². The second-order valence-electron chi connectivity index (χ2n) is 7.21. The number of pyridine rings is 1. The Kier molecular flexibility index (Phi) is 6.13. The van der Waals surface area contributed by atoms with E-state index in [9.17, 15) is 19.2 Å². The quantitative estimate of drug-likeness (QED) is 0.266. The summed E-state index contributed by atoms with van der Waals surface area (Å²) in [4.78, 5) is 50.1. The van der Waals surface area contributed by atoms with Crippen molar-refractivity contribution in [3.05, 3.63) is 80.6 Å². The van der Waals surface area contributed by atoms with Gasteiger partial charge in [0.1, 0.15) is 6.54 Å². The molecule has 8 heteroatoms. The lowest BCUT2D eigenvalue weighted by atomic mass is 10.1. The molecular formula is C24H20N2O5S. The van der Waals surface area contributed by atoms with Gasteiger partial charge in [-0.2, -0.15) is 0 Å². The number of para-hydroxylation sites is 2. The molecule has 32 heavy (non-hydrogen) atoms. The first kappa shape index (κ1) is 21.5. The first-order valence-electron chi connectivity index (χ1n) is 9.96. The molecule has 162 valence electrons. The molecule has 0 atom stereocenters. The lowest BCUT2D eigenvalue weighted by Gasteiger charge is -2.14. The molecule has 2 aromatic heterocycles. The first-order chi connectivity index (χ1) is 15.4. The number of esters is 1. The molecule has 1 N–H and O–H groups in total. The van der Waals surface area contributed by atoms with Gasteiger partial charge >= 0.3 is 5.97 Å². The van der Waals surface area contributed by atoms with Crippen molar-refractivity contribution in [1.29, 1.82) is 0 Å². The molecule has 7 nitrogen and oxygen atoms in total. The van der Waals surface area contributed by atoms with E-state index in [-0.39, 0.29) is 30.3 Å². The lowest BCUT2D eigenvalue weighted by Crippen LogP contribution is -2.20. The third kappa shape index (κ3) is 4.45. The number of hydrogen-bond acceptors (Lipinski definition) is 6. The Balaban J connectivity index is 1.50. The summed E-state index contributed by atoms with van der Waals surface area (Å²) < 4.78 is 6.98. The fraction of sp³-hybridized carbons (Fsp3) is 0.167. The number of fused-ring (bicyclic) bond motifs is 2. The Morgan fingerprint density at radius 1 is 0.938 bits per heavy atom. The Bertz CT molecular complexity index is 1340. The maximum atomic E-state index is 12.8. The van der Waals surface area contributed by atoms with E-state index in [0.717, 1.165) is 4.88 Å². The number of thiophene rings is 1. The van der Waals surface area contributed by atoms with Crippen LogP contribution in [0.2, 0.25) is 0 Å². The van der Waals surface area contributed by atoms with Crippen LogP contribution in [0.15, 0.2) is 65.5 Å². The standard InChI is InChI=1S/C24H20N2O5S/c1-15(27)25-12-16-10-11-22(32-16)21(28)14-31-23(29)13-26-19-8-4-2-6-17(19)24(30)18-7-3-5-9-20(18)26/h2-11H,12-14H2,1H3,(H,25,27). The average molecular weight is 449 g/mol. The number of nitrogens with zero attached hydrogens (tertiary/aromatic N) is 1. The van der Waals surface area contributed by atoms with Gasteiger partial charge in [-0.3, -0.25) is 19.2 Å². The Labute approximate surface area is 187 Å². The average Bonchev–Trinajstić information content (AvgIpc) is 3.28. The summed E-state index contributed by atoms with van der Waals surface area (Å²) >= 11 is 1.25. The number of ether oxygens (including phenoxy) is 1. The Hall–Kier alpha value is -3.78. The molecule has 2 aromatic carbocycles. The predicted molar refractivity (Wildman–Crippen MR) is 123 cm³/mol.